The number of thiazole rings is 1. The molecule has 0 bridgehead atoms. The Morgan fingerprint density at radius 1 is 1.09 bits per heavy atom. The van der Waals surface area contributed by atoms with Crippen LogP contribution in [-0.2, 0) is 9.53 Å². The zero-order valence-corrected chi connectivity index (χ0v) is 20.1. The lowest BCUT2D eigenvalue weighted by Crippen LogP contribution is -2.40. The second kappa shape index (κ2) is 9.19. The molecular formula is C26H26N2O4S. The molecule has 0 aliphatic carbocycles. The first-order chi connectivity index (χ1) is 15.8. The van der Waals surface area contributed by atoms with Crippen molar-refractivity contribution in [1.29, 1.82) is 0 Å². The molecule has 0 saturated heterocycles. The van der Waals surface area contributed by atoms with Crippen molar-refractivity contribution in [3.05, 3.63) is 96.2 Å². The van der Waals surface area contributed by atoms with Crippen molar-refractivity contribution < 1.29 is 14.3 Å². The van der Waals surface area contributed by atoms with Crippen molar-refractivity contribution in [2.24, 2.45) is 4.99 Å². The molecule has 2 aromatic carbocycles. The number of hydrogen-bond donors (Lipinski definition) is 0. The molecular weight excluding hydrogens is 436 g/mol. The number of benzene rings is 2. The Kier molecular flexibility index (Phi) is 6.33. The van der Waals surface area contributed by atoms with E-state index in [1.807, 2.05) is 61.5 Å². The third kappa shape index (κ3) is 4.54. The second-order valence-electron chi connectivity index (χ2n) is 8.22. The molecule has 1 aromatic heterocycles. The molecule has 0 N–H and O–H groups in total. The van der Waals surface area contributed by atoms with Crippen LogP contribution in [0.25, 0.3) is 6.08 Å². The van der Waals surface area contributed by atoms with Crippen LogP contribution in [0.2, 0.25) is 0 Å². The summed E-state index contributed by atoms with van der Waals surface area (Å²) in [6.07, 6.45) is 1.57. The predicted octanol–water partition coefficient (Wildman–Crippen LogP) is 3.50. The van der Waals surface area contributed by atoms with Crippen LogP contribution in [0.1, 0.15) is 43.5 Å². The number of carbonyl (C=O) groups is 1. The van der Waals surface area contributed by atoms with Crippen LogP contribution in [0.5, 0.6) is 5.75 Å². The monoisotopic (exact) mass is 462 g/mol. The van der Waals surface area contributed by atoms with Gasteiger partial charge >= 0.3 is 5.97 Å². The fourth-order valence-electron chi connectivity index (χ4n) is 3.78. The Morgan fingerprint density at radius 2 is 1.76 bits per heavy atom. The number of rotatable bonds is 5. The molecule has 0 spiro atoms. The summed E-state index contributed by atoms with van der Waals surface area (Å²) in [6.45, 7) is 7.40. The van der Waals surface area contributed by atoms with E-state index in [0.717, 1.165) is 16.7 Å². The smallest absolute Gasteiger partial charge is 0.338 e. The van der Waals surface area contributed by atoms with E-state index in [-0.39, 0.29) is 11.7 Å². The van der Waals surface area contributed by atoms with E-state index in [4.69, 9.17) is 9.47 Å². The van der Waals surface area contributed by atoms with Gasteiger partial charge in [0, 0.05) is 0 Å². The van der Waals surface area contributed by atoms with E-state index in [9.17, 15) is 9.59 Å². The first kappa shape index (κ1) is 22.7. The Balaban J connectivity index is 1.92. The molecule has 1 atom stereocenters. The highest BCUT2D eigenvalue weighted by molar-refractivity contribution is 7.07. The van der Waals surface area contributed by atoms with E-state index in [0.29, 0.717) is 26.4 Å². The average molecular weight is 463 g/mol. The van der Waals surface area contributed by atoms with Gasteiger partial charge in [-0.3, -0.25) is 9.36 Å². The van der Waals surface area contributed by atoms with Crippen LogP contribution in [0.4, 0.5) is 0 Å². The van der Waals surface area contributed by atoms with Crippen molar-refractivity contribution in [2.75, 3.05) is 7.11 Å². The van der Waals surface area contributed by atoms with Crippen LogP contribution in [0, 0.1) is 6.92 Å². The Morgan fingerprint density at radius 3 is 2.36 bits per heavy atom. The molecule has 0 radical (unpaired) electrons. The quantitative estimate of drug-likeness (QED) is 0.544. The number of allylic oxidation sites excluding steroid dienone is 1. The average Bonchev–Trinajstić information content (AvgIpc) is 3.08. The zero-order chi connectivity index (χ0) is 23.7. The standard InChI is InChI=1S/C26H26N2O4S/c1-15(2)32-25(30)22-17(4)27-26-28(23(22)19-10-12-20(31-5)13-11-19)24(29)21(33-26)14-18-8-6-16(3)7-9-18/h6-15,23H,1-5H3. The maximum absolute atomic E-state index is 13.6. The van der Waals surface area contributed by atoms with Gasteiger partial charge in [0.15, 0.2) is 4.80 Å². The van der Waals surface area contributed by atoms with Gasteiger partial charge in [0.25, 0.3) is 5.56 Å². The highest BCUT2D eigenvalue weighted by atomic mass is 32.1. The zero-order valence-electron chi connectivity index (χ0n) is 19.3. The van der Waals surface area contributed by atoms with E-state index in [1.165, 1.54) is 11.3 Å². The van der Waals surface area contributed by atoms with Crippen LogP contribution in [0.3, 0.4) is 0 Å². The number of aromatic nitrogens is 1. The fraction of sp³-hybridized carbons (Fsp3) is 0.269. The van der Waals surface area contributed by atoms with E-state index in [1.54, 1.807) is 32.4 Å². The van der Waals surface area contributed by atoms with Gasteiger partial charge in [0.2, 0.25) is 0 Å². The molecule has 0 amide bonds. The molecule has 6 nitrogen and oxygen atoms in total. The van der Waals surface area contributed by atoms with Gasteiger partial charge in [-0.25, -0.2) is 9.79 Å². The molecule has 1 aliphatic rings. The highest BCUT2D eigenvalue weighted by Gasteiger charge is 2.33. The number of fused-ring (bicyclic) bond motifs is 1. The molecule has 0 saturated carbocycles. The van der Waals surface area contributed by atoms with Crippen molar-refractivity contribution >= 4 is 23.4 Å². The van der Waals surface area contributed by atoms with Crippen molar-refractivity contribution in [2.45, 2.75) is 39.8 Å². The van der Waals surface area contributed by atoms with Crippen LogP contribution < -0.4 is 19.6 Å². The van der Waals surface area contributed by atoms with E-state index < -0.39 is 12.0 Å². The minimum Gasteiger partial charge on any atom is -0.497 e. The molecule has 0 fully saturated rings. The number of carbonyl (C=O) groups excluding carboxylic acids is 1. The molecule has 2 heterocycles. The van der Waals surface area contributed by atoms with Crippen molar-refractivity contribution in [3.63, 3.8) is 0 Å². The normalized spacial score (nSPS) is 15.9. The first-order valence-electron chi connectivity index (χ1n) is 10.7. The number of hydrogen-bond acceptors (Lipinski definition) is 6. The third-order valence-electron chi connectivity index (χ3n) is 5.39. The number of esters is 1. The number of ether oxygens (including phenoxy) is 2. The van der Waals surface area contributed by atoms with Gasteiger partial charge in [0.05, 0.1) is 35.1 Å². The summed E-state index contributed by atoms with van der Waals surface area (Å²) in [5.74, 6) is 0.220. The summed E-state index contributed by atoms with van der Waals surface area (Å²) in [5.41, 5.74) is 3.58. The number of nitrogens with zero attached hydrogens (tertiary/aromatic N) is 2. The van der Waals surface area contributed by atoms with E-state index in [2.05, 4.69) is 4.99 Å². The summed E-state index contributed by atoms with van der Waals surface area (Å²) in [5, 5.41) is 0. The number of aryl methyl sites for hydroxylation is 1. The molecule has 1 aliphatic heterocycles. The van der Waals surface area contributed by atoms with E-state index >= 15 is 0 Å². The molecule has 4 rings (SSSR count). The Hall–Kier alpha value is -3.45. The minimum absolute atomic E-state index is 0.192. The van der Waals surface area contributed by atoms with Crippen molar-refractivity contribution in [1.82, 2.24) is 4.57 Å². The summed E-state index contributed by atoms with van der Waals surface area (Å²) in [7, 11) is 1.60. The molecule has 3 aromatic rings. The minimum atomic E-state index is -0.640. The number of methoxy groups -OCH3 is 1. The SMILES string of the molecule is COc1ccc(C2C(C(=O)OC(C)C)=C(C)N=c3sc(=Cc4ccc(C)cc4)c(=O)n32)cc1. The van der Waals surface area contributed by atoms with Gasteiger partial charge in [-0.2, -0.15) is 0 Å². The fourth-order valence-corrected chi connectivity index (χ4v) is 4.82. The van der Waals surface area contributed by atoms with Crippen molar-refractivity contribution in [3.8, 4) is 5.75 Å². The van der Waals surface area contributed by atoms with Gasteiger partial charge in [-0.1, -0.05) is 53.3 Å². The maximum atomic E-state index is 13.6. The largest absolute Gasteiger partial charge is 0.497 e. The maximum Gasteiger partial charge on any atom is 0.338 e. The summed E-state index contributed by atoms with van der Waals surface area (Å²) < 4.78 is 13.0. The molecule has 33 heavy (non-hydrogen) atoms. The molecule has 1 unspecified atom stereocenters. The van der Waals surface area contributed by atoms with Crippen LogP contribution >= 0.6 is 11.3 Å². The second-order valence-corrected chi connectivity index (χ2v) is 9.23. The molecule has 170 valence electrons. The topological polar surface area (TPSA) is 69.9 Å². The third-order valence-corrected chi connectivity index (χ3v) is 6.37. The highest BCUT2D eigenvalue weighted by Crippen LogP contribution is 2.31. The van der Waals surface area contributed by atoms with Gasteiger partial charge < -0.3 is 9.47 Å². The summed E-state index contributed by atoms with van der Waals surface area (Å²) in [4.78, 5) is 31.8. The van der Waals surface area contributed by atoms with Gasteiger partial charge in [-0.05, 0) is 57.0 Å². The lowest BCUT2D eigenvalue weighted by atomic mass is 9.96. The Bertz CT molecular complexity index is 1390. The lowest BCUT2D eigenvalue weighted by Gasteiger charge is -2.25. The first-order valence-corrected chi connectivity index (χ1v) is 11.5. The van der Waals surface area contributed by atoms with Crippen LogP contribution in [-0.4, -0.2) is 23.8 Å². The van der Waals surface area contributed by atoms with Gasteiger partial charge in [0.1, 0.15) is 5.75 Å². The summed E-state index contributed by atoms with van der Waals surface area (Å²) >= 11 is 1.32. The Labute approximate surface area is 196 Å². The van der Waals surface area contributed by atoms with Crippen LogP contribution in [0.15, 0.2) is 69.6 Å². The predicted molar refractivity (Wildman–Crippen MR) is 129 cm³/mol. The summed E-state index contributed by atoms with van der Waals surface area (Å²) in [6, 6.07) is 14.7. The van der Waals surface area contributed by atoms with Gasteiger partial charge in [-0.15, -0.1) is 0 Å². The molecule has 7 heteroatoms. The lowest BCUT2D eigenvalue weighted by molar-refractivity contribution is -0.143.